The van der Waals surface area contributed by atoms with Gasteiger partial charge in [0.05, 0.1) is 5.39 Å². The van der Waals surface area contributed by atoms with Crippen LogP contribution in [0.2, 0.25) is 0 Å². The summed E-state index contributed by atoms with van der Waals surface area (Å²) in [5, 5.41) is 2.75. The molecule has 4 nitrogen and oxygen atoms in total. The highest BCUT2D eigenvalue weighted by Gasteiger charge is 2.27. The van der Waals surface area contributed by atoms with Gasteiger partial charge in [-0.15, -0.1) is 23.7 Å². The van der Waals surface area contributed by atoms with E-state index in [0.29, 0.717) is 6.04 Å². The van der Waals surface area contributed by atoms with Crippen molar-refractivity contribution in [3.63, 3.8) is 0 Å². The van der Waals surface area contributed by atoms with Crippen LogP contribution in [0.25, 0.3) is 15.7 Å². The Morgan fingerprint density at radius 2 is 1.83 bits per heavy atom. The SMILES string of the molecule is Cl.O=c1[nH]c(C2=C[C@H](N3CCN(c4ccc(F)cc4)CC3)CC2)cc2sccc12. The Bertz CT molecular complexity index is 1080. The van der Waals surface area contributed by atoms with Gasteiger partial charge in [0.2, 0.25) is 0 Å². The van der Waals surface area contributed by atoms with E-state index < -0.39 is 0 Å². The average molecular weight is 432 g/mol. The first kappa shape index (κ1) is 20.1. The van der Waals surface area contributed by atoms with Gasteiger partial charge in [0.25, 0.3) is 5.56 Å². The molecule has 1 aromatic carbocycles. The van der Waals surface area contributed by atoms with Crippen LogP contribution < -0.4 is 10.5 Å². The van der Waals surface area contributed by atoms with Crippen molar-refractivity contribution in [2.24, 2.45) is 0 Å². The summed E-state index contributed by atoms with van der Waals surface area (Å²) in [6, 6.07) is 11.2. The quantitative estimate of drug-likeness (QED) is 0.662. The third-order valence-corrected chi connectivity index (χ3v) is 6.75. The molecule has 0 amide bonds. The number of allylic oxidation sites excluding steroid dienone is 1. The maximum Gasteiger partial charge on any atom is 0.257 e. The van der Waals surface area contributed by atoms with Crippen LogP contribution in [0, 0.1) is 5.82 Å². The lowest BCUT2D eigenvalue weighted by Crippen LogP contribution is -2.49. The standard InChI is InChI=1S/C22H22FN3OS.ClH/c23-16-2-5-17(6-3-16)25-8-10-26(11-9-25)18-4-1-15(13-18)20-14-21-19(7-12-28-21)22(27)24-20;/h2-3,5-7,12-14,18H,1,4,8-11H2,(H,24,27);1H/t18-;/m1./s1. The molecule has 0 spiro atoms. The summed E-state index contributed by atoms with van der Waals surface area (Å²) in [6.07, 6.45) is 4.42. The van der Waals surface area contributed by atoms with Crippen LogP contribution in [0.15, 0.2) is 52.6 Å². The zero-order valence-electron chi connectivity index (χ0n) is 15.9. The number of piperazine rings is 1. The van der Waals surface area contributed by atoms with Gasteiger partial charge in [-0.05, 0) is 60.2 Å². The molecule has 7 heteroatoms. The Kier molecular flexibility index (Phi) is 5.76. The summed E-state index contributed by atoms with van der Waals surface area (Å²) >= 11 is 1.62. The molecule has 0 unspecified atom stereocenters. The minimum Gasteiger partial charge on any atom is -0.369 e. The van der Waals surface area contributed by atoms with Gasteiger partial charge in [0, 0.05) is 48.3 Å². The number of fused-ring (bicyclic) bond motifs is 1. The van der Waals surface area contributed by atoms with Gasteiger partial charge in [0.15, 0.2) is 0 Å². The number of nitrogens with one attached hydrogen (secondary N) is 1. The monoisotopic (exact) mass is 431 g/mol. The van der Waals surface area contributed by atoms with Crippen molar-refractivity contribution in [3.05, 3.63) is 69.7 Å². The number of aromatic nitrogens is 1. The molecule has 1 atom stereocenters. The summed E-state index contributed by atoms with van der Waals surface area (Å²) in [4.78, 5) is 20.2. The molecular formula is C22H23ClFN3OS. The van der Waals surface area contributed by atoms with Crippen LogP contribution in [0.1, 0.15) is 18.5 Å². The molecule has 0 radical (unpaired) electrons. The van der Waals surface area contributed by atoms with Gasteiger partial charge < -0.3 is 9.88 Å². The molecule has 152 valence electrons. The fraction of sp³-hybridized carbons (Fsp3) is 0.318. The van der Waals surface area contributed by atoms with Gasteiger partial charge in [0.1, 0.15) is 5.82 Å². The molecule has 2 aliphatic rings. The Morgan fingerprint density at radius 1 is 1.07 bits per heavy atom. The number of pyridine rings is 1. The molecule has 5 rings (SSSR count). The smallest absolute Gasteiger partial charge is 0.257 e. The summed E-state index contributed by atoms with van der Waals surface area (Å²) in [7, 11) is 0. The fourth-order valence-electron chi connectivity index (χ4n) is 4.33. The summed E-state index contributed by atoms with van der Waals surface area (Å²) in [5.74, 6) is -0.190. The highest BCUT2D eigenvalue weighted by atomic mass is 35.5. The maximum absolute atomic E-state index is 13.1. The Balaban J connectivity index is 0.00000205. The van der Waals surface area contributed by atoms with Crippen LogP contribution in [0.5, 0.6) is 0 Å². The fourth-order valence-corrected chi connectivity index (χ4v) is 5.15. The number of halogens is 2. The van der Waals surface area contributed by atoms with E-state index in [4.69, 9.17) is 0 Å². The first-order valence-corrected chi connectivity index (χ1v) is 10.6. The van der Waals surface area contributed by atoms with E-state index in [1.807, 2.05) is 23.6 Å². The van der Waals surface area contributed by atoms with Crippen LogP contribution >= 0.6 is 23.7 Å². The number of nitrogens with zero attached hydrogens (tertiary/aromatic N) is 2. The first-order valence-electron chi connectivity index (χ1n) is 9.73. The summed E-state index contributed by atoms with van der Waals surface area (Å²) in [5.41, 5.74) is 3.31. The van der Waals surface area contributed by atoms with Gasteiger partial charge in [-0.25, -0.2) is 4.39 Å². The Hall–Kier alpha value is -2.15. The van der Waals surface area contributed by atoms with Crippen molar-refractivity contribution in [3.8, 4) is 0 Å². The predicted octanol–water partition coefficient (Wildman–Crippen LogP) is 4.52. The van der Waals surface area contributed by atoms with E-state index in [0.717, 1.165) is 60.5 Å². The Labute approximate surface area is 179 Å². The zero-order valence-corrected chi connectivity index (χ0v) is 17.6. The number of hydrogen-bond donors (Lipinski definition) is 1. The van der Waals surface area contributed by atoms with E-state index >= 15 is 0 Å². The van der Waals surface area contributed by atoms with Gasteiger partial charge >= 0.3 is 0 Å². The first-order chi connectivity index (χ1) is 13.7. The summed E-state index contributed by atoms with van der Waals surface area (Å²) in [6.45, 7) is 3.88. The van der Waals surface area contributed by atoms with Crippen molar-refractivity contribution >= 4 is 45.1 Å². The van der Waals surface area contributed by atoms with Crippen molar-refractivity contribution in [1.29, 1.82) is 0 Å². The van der Waals surface area contributed by atoms with Crippen LogP contribution in [0.4, 0.5) is 10.1 Å². The van der Waals surface area contributed by atoms with Crippen LogP contribution in [0.3, 0.4) is 0 Å². The largest absolute Gasteiger partial charge is 0.369 e. The summed E-state index contributed by atoms with van der Waals surface area (Å²) < 4.78 is 14.2. The number of hydrogen-bond acceptors (Lipinski definition) is 4. The minimum atomic E-state index is -0.190. The normalized spacial score (nSPS) is 20.0. The van der Waals surface area contributed by atoms with Crippen molar-refractivity contribution < 1.29 is 4.39 Å². The molecule has 3 heterocycles. The van der Waals surface area contributed by atoms with E-state index in [1.165, 1.54) is 17.7 Å². The second-order valence-corrected chi connectivity index (χ2v) is 8.46. The maximum atomic E-state index is 13.1. The van der Waals surface area contributed by atoms with E-state index in [2.05, 4.69) is 26.9 Å². The number of rotatable bonds is 3. The van der Waals surface area contributed by atoms with Crippen molar-refractivity contribution in [2.75, 3.05) is 31.1 Å². The molecule has 1 aliphatic carbocycles. The molecule has 1 fully saturated rings. The molecule has 1 N–H and O–H groups in total. The lowest BCUT2D eigenvalue weighted by molar-refractivity contribution is 0.214. The minimum absolute atomic E-state index is 0. The number of anilines is 1. The zero-order chi connectivity index (χ0) is 19.1. The number of H-pyrrole nitrogens is 1. The predicted molar refractivity (Wildman–Crippen MR) is 121 cm³/mol. The molecule has 3 aromatic rings. The van der Waals surface area contributed by atoms with E-state index in [1.54, 1.807) is 11.3 Å². The highest BCUT2D eigenvalue weighted by molar-refractivity contribution is 7.17. The lowest BCUT2D eigenvalue weighted by Gasteiger charge is -2.38. The molecule has 1 aliphatic heterocycles. The third-order valence-electron chi connectivity index (χ3n) is 5.89. The van der Waals surface area contributed by atoms with Crippen LogP contribution in [-0.4, -0.2) is 42.1 Å². The number of aromatic amines is 1. The molecule has 0 saturated carbocycles. The van der Waals surface area contributed by atoms with E-state index in [-0.39, 0.29) is 23.8 Å². The number of benzene rings is 1. The van der Waals surface area contributed by atoms with Gasteiger partial charge in [-0.1, -0.05) is 6.08 Å². The number of thiophene rings is 1. The topological polar surface area (TPSA) is 39.3 Å². The lowest BCUT2D eigenvalue weighted by atomic mass is 10.1. The highest BCUT2D eigenvalue weighted by Crippen LogP contribution is 2.31. The van der Waals surface area contributed by atoms with Crippen molar-refractivity contribution in [2.45, 2.75) is 18.9 Å². The van der Waals surface area contributed by atoms with Crippen LogP contribution in [-0.2, 0) is 0 Å². The molecule has 0 bridgehead atoms. The van der Waals surface area contributed by atoms with Crippen molar-refractivity contribution in [1.82, 2.24) is 9.88 Å². The molecule has 29 heavy (non-hydrogen) atoms. The second-order valence-electron chi connectivity index (χ2n) is 7.51. The molecule has 1 saturated heterocycles. The Morgan fingerprint density at radius 3 is 2.59 bits per heavy atom. The second kappa shape index (κ2) is 8.30. The third kappa shape index (κ3) is 3.97. The molecule has 2 aromatic heterocycles. The average Bonchev–Trinajstić information content (AvgIpc) is 3.39. The molecular weight excluding hydrogens is 409 g/mol. The van der Waals surface area contributed by atoms with Gasteiger partial charge in [-0.2, -0.15) is 0 Å². The van der Waals surface area contributed by atoms with E-state index in [9.17, 15) is 9.18 Å². The van der Waals surface area contributed by atoms with Gasteiger partial charge in [-0.3, -0.25) is 9.69 Å².